The van der Waals surface area contributed by atoms with Gasteiger partial charge >= 0.3 is 6.85 Å². The average molecular weight is 369 g/mol. The average Bonchev–Trinajstić information content (AvgIpc) is 2.79. The van der Waals surface area contributed by atoms with Gasteiger partial charge in [-0.15, -0.1) is 0 Å². The smallest absolute Gasteiger partial charge is 0.328 e. The molecule has 0 radical (unpaired) electrons. The molecule has 0 N–H and O–H groups in total. The van der Waals surface area contributed by atoms with Crippen LogP contribution in [-0.2, 0) is 0 Å². The molecule has 0 saturated carbocycles. The van der Waals surface area contributed by atoms with Crippen molar-refractivity contribution in [3.8, 4) is 22.3 Å². The molecule has 0 fully saturated rings. The largest absolute Gasteiger partial charge is 0.383 e. The molecule has 2 heterocycles. The van der Waals surface area contributed by atoms with E-state index in [9.17, 15) is 0 Å². The highest BCUT2D eigenvalue weighted by Crippen LogP contribution is 2.39. The van der Waals surface area contributed by atoms with E-state index in [1.54, 1.807) is 0 Å². The predicted octanol–water partition coefficient (Wildman–Crippen LogP) is 5.24. The van der Waals surface area contributed by atoms with Gasteiger partial charge in [0, 0.05) is 11.3 Å². The van der Waals surface area contributed by atoms with Gasteiger partial charge in [-0.1, -0.05) is 84.4 Å². The number of rotatable bonds is 1. The van der Waals surface area contributed by atoms with Gasteiger partial charge in [0.05, 0.1) is 0 Å². The van der Waals surface area contributed by atoms with E-state index in [-0.39, 0.29) is 6.85 Å². The van der Waals surface area contributed by atoms with Crippen molar-refractivity contribution in [1.82, 2.24) is 0 Å². The van der Waals surface area contributed by atoms with E-state index in [4.69, 9.17) is 0 Å². The minimum absolute atomic E-state index is 0.224. The quantitative estimate of drug-likeness (QED) is 0.415. The summed E-state index contributed by atoms with van der Waals surface area (Å²) >= 11 is 0. The summed E-state index contributed by atoms with van der Waals surface area (Å²) in [5, 5.41) is 0. The zero-order chi connectivity index (χ0) is 19.4. The number of hydrogen-bond acceptors (Lipinski definition) is 1. The van der Waals surface area contributed by atoms with Crippen LogP contribution >= 0.6 is 0 Å². The summed E-state index contributed by atoms with van der Waals surface area (Å²) in [6.07, 6.45) is 4.51. The number of hydrogen-bond donors (Lipinski definition) is 0. The van der Waals surface area contributed by atoms with E-state index in [2.05, 4.69) is 115 Å². The molecule has 136 valence electrons. The van der Waals surface area contributed by atoms with Crippen molar-refractivity contribution in [2.45, 2.75) is 6.92 Å². The van der Waals surface area contributed by atoms with Gasteiger partial charge in [-0.05, 0) is 64.5 Å². The summed E-state index contributed by atoms with van der Waals surface area (Å²) in [6, 6.07) is 33.2. The van der Waals surface area contributed by atoms with Crippen molar-refractivity contribution in [1.29, 1.82) is 0 Å². The molecule has 0 unspecified atom stereocenters. The first-order chi connectivity index (χ1) is 14.3. The van der Waals surface area contributed by atoms with Crippen LogP contribution in [0.1, 0.15) is 11.1 Å². The van der Waals surface area contributed by atoms with Gasteiger partial charge in [-0.2, -0.15) is 0 Å². The van der Waals surface area contributed by atoms with Crippen LogP contribution in [-0.4, -0.2) is 6.85 Å². The normalized spacial score (nSPS) is 13.4. The minimum atomic E-state index is 0.224. The Kier molecular flexibility index (Phi) is 3.54. The van der Waals surface area contributed by atoms with Crippen molar-refractivity contribution in [2.24, 2.45) is 0 Å². The molecule has 6 rings (SSSR count). The van der Waals surface area contributed by atoms with E-state index in [0.29, 0.717) is 0 Å². The van der Waals surface area contributed by atoms with Crippen LogP contribution in [0.2, 0.25) is 0 Å². The van der Waals surface area contributed by atoms with Crippen LogP contribution in [0, 0.1) is 6.92 Å². The summed E-state index contributed by atoms with van der Waals surface area (Å²) in [4.78, 5) is 2.43. The molecule has 0 aliphatic carbocycles. The summed E-state index contributed by atoms with van der Waals surface area (Å²) in [6.45, 7) is 2.39. The SMILES string of the molecule is Cc1ccc2c(c1)C=CN1B2c2ccccc2-c2cc(-c3ccccc3)ccc21. The van der Waals surface area contributed by atoms with Crippen LogP contribution in [0.3, 0.4) is 0 Å². The van der Waals surface area contributed by atoms with Crippen molar-refractivity contribution in [3.05, 3.63) is 108 Å². The number of fused-ring (bicyclic) bond motifs is 8. The fraction of sp³-hybridized carbons (Fsp3) is 0.0370. The van der Waals surface area contributed by atoms with Crippen molar-refractivity contribution in [2.75, 3.05) is 4.81 Å². The number of benzene rings is 4. The highest BCUT2D eigenvalue weighted by Gasteiger charge is 2.37. The van der Waals surface area contributed by atoms with E-state index < -0.39 is 0 Å². The van der Waals surface area contributed by atoms with Crippen molar-refractivity contribution < 1.29 is 0 Å². The van der Waals surface area contributed by atoms with E-state index in [0.717, 1.165) is 0 Å². The Hall–Kier alpha value is -3.52. The first-order valence-electron chi connectivity index (χ1n) is 10.2. The second kappa shape index (κ2) is 6.25. The minimum Gasteiger partial charge on any atom is -0.383 e. The molecule has 29 heavy (non-hydrogen) atoms. The summed E-state index contributed by atoms with van der Waals surface area (Å²) in [5.74, 6) is 0. The number of nitrogens with zero attached hydrogens (tertiary/aromatic N) is 1. The van der Waals surface area contributed by atoms with Crippen LogP contribution < -0.4 is 15.7 Å². The van der Waals surface area contributed by atoms with Gasteiger partial charge in [0.15, 0.2) is 0 Å². The second-order valence-corrected chi connectivity index (χ2v) is 7.94. The topological polar surface area (TPSA) is 3.24 Å². The maximum absolute atomic E-state index is 2.43. The molecular weight excluding hydrogens is 349 g/mol. The highest BCUT2D eigenvalue weighted by atomic mass is 15.1. The first-order valence-corrected chi connectivity index (χ1v) is 10.2. The van der Waals surface area contributed by atoms with Crippen LogP contribution in [0.5, 0.6) is 0 Å². The molecule has 0 aromatic heterocycles. The molecule has 4 aromatic carbocycles. The summed E-state index contributed by atoms with van der Waals surface area (Å²) in [5.41, 5.74) is 11.8. The van der Waals surface area contributed by atoms with Crippen LogP contribution in [0.25, 0.3) is 28.3 Å². The molecule has 0 bridgehead atoms. The maximum atomic E-state index is 2.43. The van der Waals surface area contributed by atoms with Crippen LogP contribution in [0.15, 0.2) is 97.2 Å². The zero-order valence-corrected chi connectivity index (χ0v) is 16.3. The first kappa shape index (κ1) is 16.4. The fourth-order valence-corrected chi connectivity index (χ4v) is 4.79. The molecule has 2 aliphatic rings. The van der Waals surface area contributed by atoms with E-state index in [1.165, 1.54) is 50.0 Å². The Balaban J connectivity index is 1.59. The maximum Gasteiger partial charge on any atom is 0.328 e. The molecule has 2 heteroatoms. The summed E-state index contributed by atoms with van der Waals surface area (Å²) in [7, 11) is 0. The van der Waals surface area contributed by atoms with Gasteiger partial charge in [0.2, 0.25) is 0 Å². The van der Waals surface area contributed by atoms with Gasteiger partial charge in [0.25, 0.3) is 0 Å². The van der Waals surface area contributed by atoms with Crippen molar-refractivity contribution in [3.63, 3.8) is 0 Å². The zero-order valence-electron chi connectivity index (χ0n) is 16.3. The Morgan fingerprint density at radius 3 is 2.38 bits per heavy atom. The molecule has 4 aromatic rings. The predicted molar refractivity (Wildman–Crippen MR) is 125 cm³/mol. The Labute approximate surface area is 172 Å². The molecule has 1 nitrogen and oxygen atoms in total. The number of anilines is 1. The van der Waals surface area contributed by atoms with Crippen molar-refractivity contribution >= 4 is 29.5 Å². The Bertz CT molecular complexity index is 1270. The van der Waals surface area contributed by atoms with Gasteiger partial charge in [-0.3, -0.25) is 0 Å². The third-order valence-corrected chi connectivity index (χ3v) is 6.16. The van der Waals surface area contributed by atoms with Crippen LogP contribution in [0.4, 0.5) is 5.69 Å². The molecule has 0 atom stereocenters. The molecule has 0 spiro atoms. The lowest BCUT2D eigenvalue weighted by molar-refractivity contribution is 1.36. The molecule has 0 saturated heterocycles. The molecule has 0 amide bonds. The van der Waals surface area contributed by atoms with Gasteiger partial charge in [0.1, 0.15) is 0 Å². The Morgan fingerprint density at radius 2 is 1.48 bits per heavy atom. The molecular formula is C27H20BN. The summed E-state index contributed by atoms with van der Waals surface area (Å²) < 4.78 is 0. The van der Waals surface area contributed by atoms with E-state index in [1.807, 2.05) is 0 Å². The van der Waals surface area contributed by atoms with Gasteiger partial charge in [-0.25, -0.2) is 0 Å². The fourth-order valence-electron chi connectivity index (χ4n) is 4.79. The standard InChI is InChI=1S/C27H20BN/c1-19-11-13-25-22(17-19)15-16-29-27-14-12-21(20-7-3-2-4-8-20)18-24(27)23-9-5-6-10-26(23)28(25)29/h2-18H,1H3. The Morgan fingerprint density at radius 1 is 0.655 bits per heavy atom. The lowest BCUT2D eigenvalue weighted by Gasteiger charge is -2.39. The van der Waals surface area contributed by atoms with Gasteiger partial charge < -0.3 is 4.81 Å². The third kappa shape index (κ3) is 2.49. The number of aryl methyl sites for hydroxylation is 1. The second-order valence-electron chi connectivity index (χ2n) is 7.94. The monoisotopic (exact) mass is 369 g/mol. The third-order valence-electron chi connectivity index (χ3n) is 6.16. The lowest BCUT2D eigenvalue weighted by Crippen LogP contribution is -2.59. The van der Waals surface area contributed by atoms with E-state index >= 15 is 0 Å². The molecule has 2 aliphatic heterocycles. The lowest BCUT2D eigenvalue weighted by atomic mass is 9.44. The highest BCUT2D eigenvalue weighted by molar-refractivity contribution is 6.91.